The Morgan fingerprint density at radius 2 is 1.78 bits per heavy atom. The van der Waals surface area contributed by atoms with E-state index in [4.69, 9.17) is 0 Å². The van der Waals surface area contributed by atoms with Crippen molar-refractivity contribution in [1.29, 1.82) is 0 Å². The van der Waals surface area contributed by atoms with Gasteiger partial charge in [-0.15, -0.1) is 0 Å². The molecular formula is C27H40N4O. The average Bonchev–Trinajstić information content (AvgIpc) is 3.17. The summed E-state index contributed by atoms with van der Waals surface area (Å²) in [6.07, 6.45) is 5.80. The average molecular weight is 437 g/mol. The molecule has 5 heteroatoms. The summed E-state index contributed by atoms with van der Waals surface area (Å²) in [5.41, 5.74) is 4.79. The highest BCUT2D eigenvalue weighted by Crippen LogP contribution is 2.32. The summed E-state index contributed by atoms with van der Waals surface area (Å²) in [7, 11) is 0. The molecule has 1 aromatic heterocycles. The number of aryl methyl sites for hydroxylation is 1. The second-order valence-corrected chi connectivity index (χ2v) is 10.1. The summed E-state index contributed by atoms with van der Waals surface area (Å²) in [6.45, 7) is 19.0. The van der Waals surface area contributed by atoms with E-state index in [2.05, 4.69) is 73.4 Å². The molecule has 5 nitrogen and oxygen atoms in total. The van der Waals surface area contributed by atoms with Crippen molar-refractivity contribution in [3.05, 3.63) is 41.6 Å². The Balaban J connectivity index is 1.55. The van der Waals surface area contributed by atoms with Gasteiger partial charge in [0.05, 0.1) is 0 Å². The highest BCUT2D eigenvalue weighted by Gasteiger charge is 2.24. The molecule has 0 N–H and O–H groups in total. The summed E-state index contributed by atoms with van der Waals surface area (Å²) < 4.78 is 2.31. The van der Waals surface area contributed by atoms with Crippen molar-refractivity contribution in [2.45, 2.75) is 53.6 Å². The third-order valence-corrected chi connectivity index (χ3v) is 7.06. The summed E-state index contributed by atoms with van der Waals surface area (Å²) in [5, 5.41) is 1.27. The van der Waals surface area contributed by atoms with Crippen LogP contribution in [0, 0.1) is 5.92 Å². The Kier molecular flexibility index (Phi) is 7.06. The lowest BCUT2D eigenvalue weighted by Gasteiger charge is -2.37. The van der Waals surface area contributed by atoms with Gasteiger partial charge in [-0.2, -0.15) is 0 Å². The summed E-state index contributed by atoms with van der Waals surface area (Å²) in [5.74, 6) is 0.873. The lowest BCUT2D eigenvalue weighted by Crippen LogP contribution is -2.50. The van der Waals surface area contributed by atoms with Gasteiger partial charge in [0.2, 0.25) is 0 Å². The number of amides is 1. The van der Waals surface area contributed by atoms with E-state index in [0.29, 0.717) is 12.0 Å². The molecule has 1 aromatic carbocycles. The van der Waals surface area contributed by atoms with Crippen LogP contribution in [-0.4, -0.2) is 77.0 Å². The van der Waals surface area contributed by atoms with Gasteiger partial charge in [0.25, 0.3) is 5.91 Å². The summed E-state index contributed by atoms with van der Waals surface area (Å²) in [6, 6.07) is 6.88. The van der Waals surface area contributed by atoms with Crippen LogP contribution in [0.1, 0.15) is 57.0 Å². The first kappa shape index (κ1) is 23.1. The third kappa shape index (κ3) is 4.79. The summed E-state index contributed by atoms with van der Waals surface area (Å²) >= 11 is 0. The third-order valence-electron chi connectivity index (χ3n) is 7.06. The predicted octanol–water partition coefficient (Wildman–Crippen LogP) is 4.57. The molecule has 0 unspecified atom stereocenters. The Morgan fingerprint density at radius 1 is 1.03 bits per heavy atom. The maximum atomic E-state index is 13.2. The molecule has 32 heavy (non-hydrogen) atoms. The van der Waals surface area contributed by atoms with Gasteiger partial charge >= 0.3 is 0 Å². The zero-order chi connectivity index (χ0) is 22.8. The number of fused-ring (bicyclic) bond motifs is 1. The highest BCUT2D eigenvalue weighted by molar-refractivity contribution is 6.01. The normalized spacial score (nSPS) is 18.7. The predicted molar refractivity (Wildman–Crippen MR) is 134 cm³/mol. The number of hydrogen-bond acceptors (Lipinski definition) is 3. The monoisotopic (exact) mass is 436 g/mol. The van der Waals surface area contributed by atoms with Gasteiger partial charge in [0.1, 0.15) is 0 Å². The molecule has 0 atom stereocenters. The van der Waals surface area contributed by atoms with Crippen molar-refractivity contribution in [3.8, 4) is 0 Å². The van der Waals surface area contributed by atoms with Crippen molar-refractivity contribution < 1.29 is 4.79 Å². The molecule has 1 fully saturated rings. The van der Waals surface area contributed by atoms with Crippen molar-refractivity contribution in [3.63, 3.8) is 0 Å². The van der Waals surface area contributed by atoms with Crippen LogP contribution in [0.4, 0.5) is 0 Å². The van der Waals surface area contributed by atoms with Gasteiger partial charge in [-0.1, -0.05) is 26.0 Å². The zero-order valence-electron chi connectivity index (χ0n) is 20.6. The number of hydrogen-bond donors (Lipinski definition) is 0. The maximum absolute atomic E-state index is 13.2. The molecule has 1 saturated heterocycles. The lowest BCUT2D eigenvalue weighted by molar-refractivity contribution is 0.0595. The fraction of sp³-hybridized carbons (Fsp3) is 0.593. The van der Waals surface area contributed by atoms with Crippen LogP contribution in [0.5, 0.6) is 0 Å². The number of carbonyl (C=O) groups excluding carboxylic acids is 1. The van der Waals surface area contributed by atoms with E-state index in [9.17, 15) is 4.79 Å². The minimum Gasteiger partial charge on any atom is -0.347 e. The standard InChI is InChI=1S/C27H40N4O/c1-6-29-19-25(22-9-11-28(12-10-22)18-20(2)3)24-8-7-23(17-26(24)29)27(32)31-15-13-30(14-16-31)21(4)5/h7-9,17,19-21H,6,10-16,18H2,1-5H3. The van der Waals surface area contributed by atoms with Crippen molar-refractivity contribution in [2.24, 2.45) is 5.92 Å². The topological polar surface area (TPSA) is 31.7 Å². The Hall–Kier alpha value is -2.11. The molecule has 2 aliphatic rings. The van der Waals surface area contributed by atoms with Gasteiger partial charge in [0, 0.05) is 86.6 Å². The van der Waals surface area contributed by atoms with E-state index >= 15 is 0 Å². The molecule has 0 saturated carbocycles. The molecule has 0 bridgehead atoms. The second-order valence-electron chi connectivity index (χ2n) is 10.1. The van der Waals surface area contributed by atoms with E-state index in [-0.39, 0.29) is 5.91 Å². The number of carbonyl (C=O) groups is 1. The smallest absolute Gasteiger partial charge is 0.254 e. The van der Waals surface area contributed by atoms with Gasteiger partial charge in [-0.25, -0.2) is 0 Å². The van der Waals surface area contributed by atoms with Crippen LogP contribution in [-0.2, 0) is 6.54 Å². The Bertz CT molecular complexity index is 979. The quantitative estimate of drug-likeness (QED) is 0.665. The molecule has 174 valence electrons. The molecule has 4 rings (SSSR count). The highest BCUT2D eigenvalue weighted by atomic mass is 16.2. The van der Waals surface area contributed by atoms with Crippen LogP contribution in [0.2, 0.25) is 0 Å². The molecule has 2 aromatic rings. The zero-order valence-corrected chi connectivity index (χ0v) is 20.6. The van der Waals surface area contributed by atoms with Crippen LogP contribution in [0.3, 0.4) is 0 Å². The first-order chi connectivity index (χ1) is 15.4. The van der Waals surface area contributed by atoms with Gasteiger partial charge in [-0.3, -0.25) is 14.6 Å². The number of benzene rings is 1. The largest absolute Gasteiger partial charge is 0.347 e. The number of aromatic nitrogens is 1. The minimum absolute atomic E-state index is 0.168. The number of rotatable bonds is 6. The van der Waals surface area contributed by atoms with E-state index in [0.717, 1.165) is 64.3 Å². The van der Waals surface area contributed by atoms with Gasteiger partial charge < -0.3 is 9.47 Å². The molecule has 0 radical (unpaired) electrons. The molecular weight excluding hydrogens is 396 g/mol. The van der Waals surface area contributed by atoms with Crippen molar-refractivity contribution in [1.82, 2.24) is 19.3 Å². The lowest BCUT2D eigenvalue weighted by atomic mass is 9.97. The Morgan fingerprint density at radius 3 is 2.38 bits per heavy atom. The van der Waals surface area contributed by atoms with Crippen LogP contribution in [0.25, 0.3) is 16.5 Å². The summed E-state index contributed by atoms with van der Waals surface area (Å²) in [4.78, 5) is 20.2. The van der Waals surface area contributed by atoms with Gasteiger partial charge in [-0.05, 0) is 50.8 Å². The van der Waals surface area contributed by atoms with E-state index < -0.39 is 0 Å². The van der Waals surface area contributed by atoms with Crippen LogP contribution in [0.15, 0.2) is 30.5 Å². The van der Waals surface area contributed by atoms with Gasteiger partial charge in [0.15, 0.2) is 0 Å². The van der Waals surface area contributed by atoms with Crippen LogP contribution >= 0.6 is 0 Å². The Labute approximate surface area is 193 Å². The molecule has 2 aliphatic heterocycles. The molecule has 0 spiro atoms. The fourth-order valence-electron chi connectivity index (χ4n) is 5.20. The van der Waals surface area contributed by atoms with E-state index in [1.807, 2.05) is 11.0 Å². The first-order valence-electron chi connectivity index (χ1n) is 12.4. The van der Waals surface area contributed by atoms with Crippen molar-refractivity contribution in [2.75, 3.05) is 45.8 Å². The van der Waals surface area contributed by atoms with Crippen LogP contribution < -0.4 is 0 Å². The first-order valence-corrected chi connectivity index (χ1v) is 12.4. The molecule has 0 aliphatic carbocycles. The van der Waals surface area contributed by atoms with Crippen molar-refractivity contribution >= 4 is 22.4 Å². The van der Waals surface area contributed by atoms with E-state index in [1.54, 1.807) is 0 Å². The maximum Gasteiger partial charge on any atom is 0.254 e. The minimum atomic E-state index is 0.168. The molecule has 3 heterocycles. The number of piperazine rings is 1. The molecule has 1 amide bonds. The van der Waals surface area contributed by atoms with E-state index in [1.165, 1.54) is 22.0 Å². The SMILES string of the molecule is CCn1cc(C2=CCN(CC(C)C)CC2)c2ccc(C(=O)N3CCN(C(C)C)CC3)cc21. The second kappa shape index (κ2) is 9.80. The fourth-order valence-corrected chi connectivity index (χ4v) is 5.20. The number of nitrogens with zero attached hydrogens (tertiary/aromatic N) is 4.